The molecule has 86 valence electrons. The van der Waals surface area contributed by atoms with Crippen molar-refractivity contribution in [3.05, 3.63) is 0 Å². The average Bonchev–Trinajstić information content (AvgIpc) is 2.23. The van der Waals surface area contributed by atoms with Gasteiger partial charge in [-0.1, -0.05) is 5.92 Å². The Morgan fingerprint density at radius 1 is 1.53 bits per heavy atom. The molecule has 0 aromatic carbocycles. The number of carbonyl (C=O) groups is 1. The van der Waals surface area contributed by atoms with Crippen LogP contribution >= 0.6 is 11.8 Å². The van der Waals surface area contributed by atoms with Crippen molar-refractivity contribution in [2.75, 3.05) is 44.9 Å². The number of amides is 1. The molecule has 0 saturated carbocycles. The first-order valence-electron chi connectivity index (χ1n) is 4.78. The highest BCUT2D eigenvalue weighted by atomic mass is 32.2. The minimum atomic E-state index is -0.00556. The van der Waals surface area contributed by atoms with Crippen LogP contribution in [0.25, 0.3) is 0 Å². The van der Waals surface area contributed by atoms with Crippen molar-refractivity contribution in [1.82, 2.24) is 10.6 Å². The van der Waals surface area contributed by atoms with E-state index in [1.54, 1.807) is 18.9 Å². The van der Waals surface area contributed by atoms with Gasteiger partial charge in [0.05, 0.1) is 18.9 Å². The number of thioether (sulfide) groups is 1. The standard InChI is InChI=1S/C10H18N2O2S/c1-3-7-15-8-5-11-9-10(13)12-4-6-14-2/h1,11H,4-9H2,2H3,(H,12,13). The van der Waals surface area contributed by atoms with E-state index in [1.165, 1.54) is 0 Å². The Labute approximate surface area is 95.5 Å². The predicted molar refractivity (Wildman–Crippen MR) is 63.9 cm³/mol. The van der Waals surface area contributed by atoms with E-state index in [4.69, 9.17) is 11.2 Å². The SMILES string of the molecule is C#CCSCCNCC(=O)NCCOC. The molecule has 0 fully saturated rings. The molecule has 2 N–H and O–H groups in total. The molecule has 0 radical (unpaired) electrons. The maximum atomic E-state index is 11.1. The molecule has 5 heteroatoms. The summed E-state index contributed by atoms with van der Waals surface area (Å²) in [6, 6.07) is 0. The molecular formula is C10H18N2O2S. The van der Waals surface area contributed by atoms with Crippen LogP contribution < -0.4 is 10.6 Å². The minimum absolute atomic E-state index is 0.00556. The van der Waals surface area contributed by atoms with Crippen molar-refractivity contribution in [2.45, 2.75) is 0 Å². The Hall–Kier alpha value is -0.700. The van der Waals surface area contributed by atoms with E-state index in [0.29, 0.717) is 19.7 Å². The molecule has 0 aromatic heterocycles. The Balaban J connectivity index is 3.14. The molecule has 0 saturated heterocycles. The summed E-state index contributed by atoms with van der Waals surface area (Å²) in [6.07, 6.45) is 5.09. The molecule has 0 rings (SSSR count). The molecule has 15 heavy (non-hydrogen) atoms. The highest BCUT2D eigenvalue weighted by Gasteiger charge is 1.98. The van der Waals surface area contributed by atoms with Crippen LogP contribution in [0.15, 0.2) is 0 Å². The molecule has 4 nitrogen and oxygen atoms in total. The van der Waals surface area contributed by atoms with Crippen LogP contribution in [0.4, 0.5) is 0 Å². The number of methoxy groups -OCH3 is 1. The number of hydrogen-bond acceptors (Lipinski definition) is 4. The number of carbonyl (C=O) groups excluding carboxylic acids is 1. The highest BCUT2D eigenvalue weighted by molar-refractivity contribution is 7.99. The van der Waals surface area contributed by atoms with Gasteiger partial charge in [0.15, 0.2) is 0 Å². The zero-order chi connectivity index (χ0) is 11.4. The van der Waals surface area contributed by atoms with Crippen molar-refractivity contribution in [3.63, 3.8) is 0 Å². The van der Waals surface area contributed by atoms with E-state index in [9.17, 15) is 4.79 Å². The summed E-state index contributed by atoms with van der Waals surface area (Å²) < 4.78 is 4.80. The van der Waals surface area contributed by atoms with E-state index in [-0.39, 0.29) is 5.91 Å². The van der Waals surface area contributed by atoms with Gasteiger partial charge in [0.25, 0.3) is 0 Å². The number of terminal acetylenes is 1. The van der Waals surface area contributed by atoms with E-state index in [2.05, 4.69) is 16.6 Å². The summed E-state index contributed by atoms with van der Waals surface area (Å²) in [5.41, 5.74) is 0. The largest absolute Gasteiger partial charge is 0.383 e. The third-order valence-electron chi connectivity index (χ3n) is 1.52. The Morgan fingerprint density at radius 2 is 2.33 bits per heavy atom. The summed E-state index contributed by atoms with van der Waals surface area (Å²) in [7, 11) is 1.60. The van der Waals surface area contributed by atoms with Gasteiger partial charge in [-0.3, -0.25) is 4.79 Å². The number of hydrogen-bond donors (Lipinski definition) is 2. The molecule has 0 bridgehead atoms. The first-order valence-corrected chi connectivity index (χ1v) is 5.94. The Bertz CT molecular complexity index is 204. The Kier molecular flexibility index (Phi) is 10.8. The lowest BCUT2D eigenvalue weighted by molar-refractivity contribution is -0.120. The predicted octanol–water partition coefficient (Wildman–Crippen LogP) is -0.295. The lowest BCUT2D eigenvalue weighted by Gasteiger charge is -2.05. The van der Waals surface area contributed by atoms with Gasteiger partial charge in [-0.05, 0) is 0 Å². The van der Waals surface area contributed by atoms with Crippen LogP contribution in [-0.4, -0.2) is 50.8 Å². The molecule has 1 amide bonds. The van der Waals surface area contributed by atoms with Gasteiger partial charge in [0.2, 0.25) is 5.91 Å². The monoisotopic (exact) mass is 230 g/mol. The van der Waals surface area contributed by atoms with E-state index in [1.807, 2.05) is 0 Å². The molecule has 0 heterocycles. The maximum absolute atomic E-state index is 11.1. The normalized spacial score (nSPS) is 9.60. The van der Waals surface area contributed by atoms with Crippen LogP contribution in [0, 0.1) is 12.3 Å². The van der Waals surface area contributed by atoms with Gasteiger partial charge < -0.3 is 15.4 Å². The van der Waals surface area contributed by atoms with E-state index in [0.717, 1.165) is 18.1 Å². The molecular weight excluding hydrogens is 212 g/mol. The van der Waals surface area contributed by atoms with Crippen molar-refractivity contribution < 1.29 is 9.53 Å². The fraction of sp³-hybridized carbons (Fsp3) is 0.700. The van der Waals surface area contributed by atoms with Crippen LogP contribution in [0.2, 0.25) is 0 Å². The summed E-state index contributed by atoms with van der Waals surface area (Å²) >= 11 is 1.68. The molecule has 0 aliphatic rings. The second-order valence-electron chi connectivity index (χ2n) is 2.78. The van der Waals surface area contributed by atoms with Crippen LogP contribution in [0.3, 0.4) is 0 Å². The molecule has 0 aliphatic heterocycles. The van der Waals surface area contributed by atoms with E-state index >= 15 is 0 Å². The smallest absolute Gasteiger partial charge is 0.234 e. The first-order chi connectivity index (χ1) is 7.31. The van der Waals surface area contributed by atoms with Gasteiger partial charge in [0, 0.05) is 26.0 Å². The lowest BCUT2D eigenvalue weighted by atomic mass is 10.5. The van der Waals surface area contributed by atoms with Crippen molar-refractivity contribution in [1.29, 1.82) is 0 Å². The molecule has 0 unspecified atom stereocenters. The quantitative estimate of drug-likeness (QED) is 0.422. The zero-order valence-electron chi connectivity index (χ0n) is 9.04. The highest BCUT2D eigenvalue weighted by Crippen LogP contribution is 1.94. The fourth-order valence-corrected chi connectivity index (χ4v) is 1.38. The zero-order valence-corrected chi connectivity index (χ0v) is 9.86. The topological polar surface area (TPSA) is 50.4 Å². The molecule has 0 aliphatic carbocycles. The number of ether oxygens (including phenoxy) is 1. The van der Waals surface area contributed by atoms with Gasteiger partial charge in [-0.15, -0.1) is 18.2 Å². The van der Waals surface area contributed by atoms with Crippen molar-refractivity contribution in [2.24, 2.45) is 0 Å². The second kappa shape index (κ2) is 11.4. The summed E-state index contributed by atoms with van der Waals surface area (Å²) in [6.45, 7) is 2.25. The molecule has 0 atom stereocenters. The van der Waals surface area contributed by atoms with Gasteiger partial charge >= 0.3 is 0 Å². The fourth-order valence-electron chi connectivity index (χ4n) is 0.832. The minimum Gasteiger partial charge on any atom is -0.383 e. The van der Waals surface area contributed by atoms with Crippen molar-refractivity contribution >= 4 is 17.7 Å². The second-order valence-corrected chi connectivity index (χ2v) is 3.88. The van der Waals surface area contributed by atoms with Crippen molar-refractivity contribution in [3.8, 4) is 12.3 Å². The van der Waals surface area contributed by atoms with E-state index < -0.39 is 0 Å². The van der Waals surface area contributed by atoms with Crippen LogP contribution in [-0.2, 0) is 9.53 Å². The lowest BCUT2D eigenvalue weighted by Crippen LogP contribution is -2.36. The maximum Gasteiger partial charge on any atom is 0.234 e. The first kappa shape index (κ1) is 14.3. The van der Waals surface area contributed by atoms with Gasteiger partial charge in [-0.25, -0.2) is 0 Å². The molecule has 0 spiro atoms. The molecule has 0 aromatic rings. The number of rotatable bonds is 9. The third-order valence-corrected chi connectivity index (χ3v) is 2.39. The van der Waals surface area contributed by atoms with Gasteiger partial charge in [0.1, 0.15) is 0 Å². The van der Waals surface area contributed by atoms with Crippen LogP contribution in [0.1, 0.15) is 0 Å². The number of nitrogens with one attached hydrogen (secondary N) is 2. The van der Waals surface area contributed by atoms with Gasteiger partial charge in [-0.2, -0.15) is 0 Å². The Morgan fingerprint density at radius 3 is 3.00 bits per heavy atom. The summed E-state index contributed by atoms with van der Waals surface area (Å²) in [5.74, 6) is 4.19. The van der Waals surface area contributed by atoms with Crippen LogP contribution in [0.5, 0.6) is 0 Å². The average molecular weight is 230 g/mol. The summed E-state index contributed by atoms with van der Waals surface area (Å²) in [5, 5.41) is 5.75. The summed E-state index contributed by atoms with van der Waals surface area (Å²) in [4.78, 5) is 11.1. The third kappa shape index (κ3) is 11.2.